The first-order chi connectivity index (χ1) is 15.4. The Morgan fingerprint density at radius 2 is 2.19 bits per heavy atom. The Labute approximate surface area is 188 Å². The van der Waals surface area contributed by atoms with E-state index in [0.29, 0.717) is 34.9 Å². The summed E-state index contributed by atoms with van der Waals surface area (Å²) >= 11 is 1.36. The van der Waals surface area contributed by atoms with Crippen molar-refractivity contribution in [2.45, 2.75) is 19.9 Å². The van der Waals surface area contributed by atoms with Gasteiger partial charge in [0, 0.05) is 18.5 Å². The van der Waals surface area contributed by atoms with Crippen molar-refractivity contribution in [3.05, 3.63) is 47.5 Å². The highest BCUT2D eigenvalue weighted by Gasteiger charge is 2.35. The Balaban J connectivity index is 1.67. The van der Waals surface area contributed by atoms with Gasteiger partial charge in [0.05, 0.1) is 22.9 Å². The summed E-state index contributed by atoms with van der Waals surface area (Å²) in [5.41, 5.74) is 3.24. The number of anilines is 3. The van der Waals surface area contributed by atoms with E-state index in [1.165, 1.54) is 18.0 Å². The van der Waals surface area contributed by atoms with Crippen LogP contribution < -0.4 is 15.5 Å². The number of carbonyl (C=O) groups excluding carboxylic acids is 1. The molecule has 1 atom stereocenters. The zero-order chi connectivity index (χ0) is 22.8. The predicted molar refractivity (Wildman–Crippen MR) is 122 cm³/mol. The highest BCUT2D eigenvalue weighted by Crippen LogP contribution is 2.38. The van der Waals surface area contributed by atoms with Gasteiger partial charge in [-0.1, -0.05) is 12.1 Å². The van der Waals surface area contributed by atoms with Crippen molar-refractivity contribution in [3.8, 4) is 6.07 Å². The SMILES string of the molecule is CCN1C(=C(C#N)c2nc(NC(=O)[C@H]3CSCN3C(=O)O)ncc2C)Nc2ccccc21. The minimum atomic E-state index is -1.15. The number of hydrogen-bond donors (Lipinski definition) is 3. The van der Waals surface area contributed by atoms with Crippen molar-refractivity contribution in [3.63, 3.8) is 0 Å². The van der Waals surface area contributed by atoms with E-state index in [1.807, 2.05) is 36.1 Å². The lowest BCUT2D eigenvalue weighted by molar-refractivity contribution is -0.119. The molecule has 11 heteroatoms. The maximum absolute atomic E-state index is 12.7. The number of nitrogens with zero attached hydrogens (tertiary/aromatic N) is 5. The van der Waals surface area contributed by atoms with E-state index in [4.69, 9.17) is 0 Å². The quantitative estimate of drug-likeness (QED) is 0.600. The summed E-state index contributed by atoms with van der Waals surface area (Å²) in [4.78, 5) is 35.7. The molecule has 0 bridgehead atoms. The molecule has 10 nitrogen and oxygen atoms in total. The van der Waals surface area contributed by atoms with Crippen LogP contribution >= 0.6 is 11.8 Å². The molecular weight excluding hydrogens is 430 g/mol. The fourth-order valence-electron chi connectivity index (χ4n) is 3.67. The Kier molecular flexibility index (Phi) is 5.87. The van der Waals surface area contributed by atoms with Gasteiger partial charge in [0.2, 0.25) is 5.95 Å². The fourth-order valence-corrected chi connectivity index (χ4v) is 4.82. The van der Waals surface area contributed by atoms with Crippen molar-refractivity contribution in [1.82, 2.24) is 14.9 Å². The van der Waals surface area contributed by atoms with Crippen LogP contribution in [0, 0.1) is 18.3 Å². The third-order valence-electron chi connectivity index (χ3n) is 5.26. The average molecular weight is 452 g/mol. The molecule has 32 heavy (non-hydrogen) atoms. The van der Waals surface area contributed by atoms with Gasteiger partial charge in [-0.15, -0.1) is 11.8 Å². The molecule has 164 valence electrons. The van der Waals surface area contributed by atoms with Crippen molar-refractivity contribution in [2.75, 3.05) is 33.7 Å². The van der Waals surface area contributed by atoms with E-state index in [2.05, 4.69) is 26.7 Å². The number of amides is 2. The third-order valence-corrected chi connectivity index (χ3v) is 6.27. The lowest BCUT2D eigenvalue weighted by Crippen LogP contribution is -2.44. The van der Waals surface area contributed by atoms with Crippen molar-refractivity contribution >= 4 is 46.7 Å². The van der Waals surface area contributed by atoms with Gasteiger partial charge in [0.1, 0.15) is 23.5 Å². The molecule has 2 aliphatic heterocycles. The second-order valence-corrected chi connectivity index (χ2v) is 8.20. The Bertz CT molecular complexity index is 1160. The maximum atomic E-state index is 12.7. The molecule has 1 aromatic heterocycles. The van der Waals surface area contributed by atoms with Crippen LogP contribution in [0.15, 0.2) is 36.3 Å². The number of aromatic nitrogens is 2. The molecular formula is C21H21N7O3S. The first-order valence-corrected chi connectivity index (χ1v) is 11.1. The van der Waals surface area contributed by atoms with E-state index in [1.54, 1.807) is 6.92 Å². The zero-order valence-corrected chi connectivity index (χ0v) is 18.3. The van der Waals surface area contributed by atoms with E-state index >= 15 is 0 Å². The zero-order valence-electron chi connectivity index (χ0n) is 17.5. The summed E-state index contributed by atoms with van der Waals surface area (Å²) < 4.78 is 0. The number of nitriles is 1. The molecule has 2 aromatic rings. The van der Waals surface area contributed by atoms with Crippen LogP contribution in [0.5, 0.6) is 0 Å². The highest BCUT2D eigenvalue weighted by atomic mass is 32.2. The number of carbonyl (C=O) groups is 2. The standard InChI is InChI=1S/C21H21N7O3S/c1-3-27-15-7-5-4-6-14(15)24-18(27)13(8-22)17-12(2)9-23-20(25-17)26-19(29)16-10-32-11-28(16)21(30)31/h4-7,9,16,24H,3,10-11H2,1-2H3,(H,30,31)(H,23,25,26,29)/t16-/m1/s1. The number of carboxylic acid groups (broad SMARTS) is 1. The highest BCUT2D eigenvalue weighted by molar-refractivity contribution is 7.99. The number of fused-ring (bicyclic) bond motifs is 1. The smallest absolute Gasteiger partial charge is 0.408 e. The first kappa shape index (κ1) is 21.5. The molecule has 0 saturated carbocycles. The largest absolute Gasteiger partial charge is 0.465 e. The van der Waals surface area contributed by atoms with Gasteiger partial charge in [0.25, 0.3) is 5.91 Å². The minimum absolute atomic E-state index is 0.0183. The minimum Gasteiger partial charge on any atom is -0.465 e. The second-order valence-electron chi connectivity index (χ2n) is 7.20. The Hall–Kier alpha value is -3.78. The van der Waals surface area contributed by atoms with Crippen molar-refractivity contribution < 1.29 is 14.7 Å². The van der Waals surface area contributed by atoms with E-state index in [9.17, 15) is 20.0 Å². The van der Waals surface area contributed by atoms with E-state index in [0.717, 1.165) is 16.3 Å². The van der Waals surface area contributed by atoms with E-state index in [-0.39, 0.29) is 11.8 Å². The van der Waals surface area contributed by atoms with Crippen LogP contribution in [0.3, 0.4) is 0 Å². The molecule has 2 amide bonds. The molecule has 0 radical (unpaired) electrons. The molecule has 0 spiro atoms. The molecule has 0 unspecified atom stereocenters. The van der Waals surface area contributed by atoms with Gasteiger partial charge in [0.15, 0.2) is 0 Å². The number of benzene rings is 1. The number of aryl methyl sites for hydroxylation is 1. The van der Waals surface area contributed by atoms with Gasteiger partial charge >= 0.3 is 6.09 Å². The summed E-state index contributed by atoms with van der Waals surface area (Å²) in [6.07, 6.45) is 0.385. The lowest BCUT2D eigenvalue weighted by atomic mass is 10.1. The van der Waals surface area contributed by atoms with E-state index < -0.39 is 18.0 Å². The maximum Gasteiger partial charge on any atom is 0.408 e. The second kappa shape index (κ2) is 8.76. The van der Waals surface area contributed by atoms with Crippen LogP contribution in [0.2, 0.25) is 0 Å². The molecule has 3 N–H and O–H groups in total. The fraction of sp³-hybridized carbons (Fsp3) is 0.286. The predicted octanol–water partition coefficient (Wildman–Crippen LogP) is 2.92. The molecule has 2 aliphatic rings. The van der Waals surface area contributed by atoms with Gasteiger partial charge in [-0.25, -0.2) is 14.8 Å². The first-order valence-electron chi connectivity index (χ1n) is 9.94. The molecule has 1 fully saturated rings. The number of hydrogen-bond acceptors (Lipinski definition) is 8. The normalized spacial score (nSPS) is 18.6. The number of nitrogens with one attached hydrogen (secondary N) is 2. The van der Waals surface area contributed by atoms with Gasteiger partial charge in [-0.2, -0.15) is 5.26 Å². The van der Waals surface area contributed by atoms with Gasteiger partial charge in [-0.3, -0.25) is 15.0 Å². The summed E-state index contributed by atoms with van der Waals surface area (Å²) in [6, 6.07) is 9.18. The number of thioether (sulfide) groups is 1. The molecule has 0 aliphatic carbocycles. The van der Waals surface area contributed by atoms with Crippen LogP contribution in [0.1, 0.15) is 18.2 Å². The third kappa shape index (κ3) is 3.80. The Morgan fingerprint density at radius 3 is 2.91 bits per heavy atom. The van der Waals surface area contributed by atoms with Crippen molar-refractivity contribution in [1.29, 1.82) is 5.26 Å². The summed E-state index contributed by atoms with van der Waals surface area (Å²) in [7, 11) is 0. The van der Waals surface area contributed by atoms with Crippen LogP contribution in [-0.4, -0.2) is 56.2 Å². The van der Waals surface area contributed by atoms with Crippen molar-refractivity contribution in [2.24, 2.45) is 0 Å². The van der Waals surface area contributed by atoms with Gasteiger partial charge < -0.3 is 15.3 Å². The van der Waals surface area contributed by atoms with Crippen LogP contribution in [-0.2, 0) is 4.79 Å². The molecule has 4 rings (SSSR count). The molecule has 3 heterocycles. The summed E-state index contributed by atoms with van der Waals surface area (Å²) in [5, 5.41) is 25.2. The lowest BCUT2D eigenvalue weighted by Gasteiger charge is -2.20. The number of para-hydroxylation sites is 2. The monoisotopic (exact) mass is 451 g/mol. The number of allylic oxidation sites excluding steroid dienone is 1. The topological polar surface area (TPSA) is 134 Å². The summed E-state index contributed by atoms with van der Waals surface area (Å²) in [5.74, 6) is 0.721. The average Bonchev–Trinajstić information content (AvgIpc) is 3.41. The van der Waals surface area contributed by atoms with Crippen LogP contribution in [0.4, 0.5) is 22.1 Å². The van der Waals surface area contributed by atoms with Gasteiger partial charge in [-0.05, 0) is 31.5 Å². The Morgan fingerprint density at radius 1 is 1.41 bits per heavy atom. The molecule has 1 saturated heterocycles. The number of rotatable bonds is 4. The summed E-state index contributed by atoms with van der Waals surface area (Å²) in [6.45, 7) is 4.42. The van der Waals surface area contributed by atoms with Crippen LogP contribution in [0.25, 0.3) is 5.57 Å². The molecule has 1 aromatic carbocycles.